The number of aromatic nitrogens is 1. The summed E-state index contributed by atoms with van der Waals surface area (Å²) in [6.07, 6.45) is 2.87. The summed E-state index contributed by atoms with van der Waals surface area (Å²) in [4.78, 5) is 16.3. The number of halogens is 2. The molecule has 3 N–H and O–H groups in total. The van der Waals surface area contributed by atoms with Gasteiger partial charge in [-0.1, -0.05) is 19.8 Å². The molecule has 0 aliphatic rings. The molecule has 1 aromatic heterocycles. The zero-order valence-electron chi connectivity index (χ0n) is 12.8. The largest absolute Gasteiger partial charge is 0.346 e. The van der Waals surface area contributed by atoms with E-state index in [0.29, 0.717) is 5.01 Å². The van der Waals surface area contributed by atoms with E-state index >= 15 is 0 Å². The van der Waals surface area contributed by atoms with E-state index in [9.17, 15) is 13.6 Å². The SMILES string of the molecule is CCCCC(N)c1nc(C(=O)NCc2cc(F)ccc2F)cs1. The second kappa shape index (κ2) is 8.12. The van der Waals surface area contributed by atoms with Crippen LogP contribution in [0, 0.1) is 11.6 Å². The van der Waals surface area contributed by atoms with Gasteiger partial charge in [0.1, 0.15) is 22.3 Å². The molecule has 124 valence electrons. The Labute approximate surface area is 137 Å². The third-order valence-electron chi connectivity index (χ3n) is 3.39. The topological polar surface area (TPSA) is 68.0 Å². The Kier molecular flexibility index (Phi) is 6.18. The number of carbonyl (C=O) groups is 1. The number of carbonyl (C=O) groups excluding carboxylic acids is 1. The predicted octanol–water partition coefficient (Wildman–Crippen LogP) is 3.54. The van der Waals surface area contributed by atoms with Crippen molar-refractivity contribution in [2.24, 2.45) is 5.73 Å². The van der Waals surface area contributed by atoms with Gasteiger partial charge in [0, 0.05) is 17.5 Å². The molecule has 0 spiro atoms. The van der Waals surface area contributed by atoms with Crippen molar-refractivity contribution in [1.82, 2.24) is 10.3 Å². The van der Waals surface area contributed by atoms with Crippen molar-refractivity contribution in [2.45, 2.75) is 38.8 Å². The van der Waals surface area contributed by atoms with Gasteiger partial charge in [0.05, 0.1) is 6.04 Å². The lowest BCUT2D eigenvalue weighted by Crippen LogP contribution is -2.24. The van der Waals surface area contributed by atoms with Crippen LogP contribution >= 0.6 is 11.3 Å². The number of thiazole rings is 1. The summed E-state index contributed by atoms with van der Waals surface area (Å²) >= 11 is 1.33. The minimum atomic E-state index is -0.563. The fourth-order valence-corrected chi connectivity index (χ4v) is 2.89. The monoisotopic (exact) mass is 339 g/mol. The quantitative estimate of drug-likeness (QED) is 0.811. The lowest BCUT2D eigenvalue weighted by molar-refractivity contribution is 0.0946. The number of nitrogens with zero attached hydrogens (tertiary/aromatic N) is 1. The van der Waals surface area contributed by atoms with Crippen LogP contribution in [0.5, 0.6) is 0 Å². The van der Waals surface area contributed by atoms with Crippen LogP contribution in [0.3, 0.4) is 0 Å². The van der Waals surface area contributed by atoms with E-state index < -0.39 is 17.5 Å². The van der Waals surface area contributed by atoms with E-state index in [2.05, 4.69) is 17.2 Å². The van der Waals surface area contributed by atoms with Crippen LogP contribution in [0.2, 0.25) is 0 Å². The van der Waals surface area contributed by atoms with Crippen molar-refractivity contribution in [3.05, 3.63) is 51.5 Å². The van der Waals surface area contributed by atoms with Crippen molar-refractivity contribution < 1.29 is 13.6 Å². The summed E-state index contributed by atoms with van der Waals surface area (Å²) < 4.78 is 26.6. The van der Waals surface area contributed by atoms with E-state index in [1.54, 1.807) is 5.38 Å². The van der Waals surface area contributed by atoms with Gasteiger partial charge in [-0.3, -0.25) is 4.79 Å². The molecule has 2 aromatic rings. The van der Waals surface area contributed by atoms with Gasteiger partial charge in [0.15, 0.2) is 0 Å². The molecule has 4 nitrogen and oxygen atoms in total. The normalized spacial score (nSPS) is 12.2. The van der Waals surface area contributed by atoms with Crippen LogP contribution < -0.4 is 11.1 Å². The highest BCUT2D eigenvalue weighted by molar-refractivity contribution is 7.09. The van der Waals surface area contributed by atoms with Crippen LogP contribution in [0.4, 0.5) is 8.78 Å². The second-order valence-electron chi connectivity index (χ2n) is 5.24. The van der Waals surface area contributed by atoms with Crippen LogP contribution in [-0.2, 0) is 6.54 Å². The molecule has 1 aromatic carbocycles. The van der Waals surface area contributed by atoms with Crippen LogP contribution in [-0.4, -0.2) is 10.9 Å². The molecular weight excluding hydrogens is 320 g/mol. The molecule has 23 heavy (non-hydrogen) atoms. The van der Waals surface area contributed by atoms with Gasteiger partial charge in [-0.05, 0) is 24.6 Å². The van der Waals surface area contributed by atoms with E-state index in [4.69, 9.17) is 5.73 Å². The lowest BCUT2D eigenvalue weighted by atomic mass is 10.1. The number of rotatable bonds is 7. The minimum Gasteiger partial charge on any atom is -0.346 e. The first-order chi connectivity index (χ1) is 11.0. The van der Waals surface area contributed by atoms with Gasteiger partial charge in [-0.15, -0.1) is 11.3 Å². The maximum atomic E-state index is 13.5. The first kappa shape index (κ1) is 17.5. The van der Waals surface area contributed by atoms with Crippen molar-refractivity contribution >= 4 is 17.2 Å². The van der Waals surface area contributed by atoms with Crippen molar-refractivity contribution in [2.75, 3.05) is 0 Å². The Hall–Kier alpha value is -1.86. The zero-order valence-corrected chi connectivity index (χ0v) is 13.6. The standard InChI is InChI=1S/C16H19F2N3OS/c1-2-3-4-13(19)16-21-14(9-23-16)15(22)20-8-10-7-11(17)5-6-12(10)18/h5-7,9,13H,2-4,8,19H2,1H3,(H,20,22). The highest BCUT2D eigenvalue weighted by atomic mass is 32.1. The summed E-state index contributed by atoms with van der Waals surface area (Å²) in [7, 11) is 0. The second-order valence-corrected chi connectivity index (χ2v) is 6.13. The number of benzene rings is 1. The molecule has 0 bridgehead atoms. The number of nitrogens with one attached hydrogen (secondary N) is 1. The fourth-order valence-electron chi connectivity index (χ4n) is 2.05. The zero-order chi connectivity index (χ0) is 16.8. The molecule has 1 heterocycles. The maximum absolute atomic E-state index is 13.5. The third kappa shape index (κ3) is 4.80. The van der Waals surface area contributed by atoms with Crippen LogP contribution in [0.15, 0.2) is 23.6 Å². The minimum absolute atomic E-state index is 0.0912. The van der Waals surface area contributed by atoms with Gasteiger partial charge in [0.2, 0.25) is 0 Å². The molecule has 1 atom stereocenters. The van der Waals surface area contributed by atoms with E-state index in [0.717, 1.165) is 37.5 Å². The Morgan fingerprint density at radius 2 is 2.22 bits per heavy atom. The Bertz CT molecular complexity index is 675. The van der Waals surface area contributed by atoms with Gasteiger partial charge in [-0.2, -0.15) is 0 Å². The third-order valence-corrected chi connectivity index (χ3v) is 4.36. The smallest absolute Gasteiger partial charge is 0.271 e. The lowest BCUT2D eigenvalue weighted by Gasteiger charge is -2.07. The van der Waals surface area contributed by atoms with Crippen molar-refractivity contribution in [1.29, 1.82) is 0 Å². The predicted molar refractivity (Wildman–Crippen MR) is 86.1 cm³/mol. The highest BCUT2D eigenvalue weighted by Gasteiger charge is 2.15. The summed E-state index contributed by atoms with van der Waals surface area (Å²) in [5.41, 5.74) is 6.36. The van der Waals surface area contributed by atoms with Crippen LogP contribution in [0.1, 0.15) is 53.3 Å². The number of unbranched alkanes of at least 4 members (excludes halogenated alkanes) is 1. The Morgan fingerprint density at radius 3 is 2.96 bits per heavy atom. The van der Waals surface area contributed by atoms with Gasteiger partial charge < -0.3 is 11.1 Å². The molecule has 0 aliphatic carbocycles. The van der Waals surface area contributed by atoms with E-state index in [-0.39, 0.29) is 23.8 Å². The number of hydrogen-bond donors (Lipinski definition) is 2. The molecule has 1 amide bonds. The van der Waals surface area contributed by atoms with E-state index in [1.165, 1.54) is 11.3 Å². The van der Waals surface area contributed by atoms with Gasteiger partial charge in [-0.25, -0.2) is 13.8 Å². The summed E-state index contributed by atoms with van der Waals surface area (Å²) in [5.74, 6) is -1.54. The summed E-state index contributed by atoms with van der Waals surface area (Å²) in [6, 6.07) is 2.94. The molecule has 7 heteroatoms. The Morgan fingerprint density at radius 1 is 1.43 bits per heavy atom. The number of amides is 1. The van der Waals surface area contributed by atoms with Gasteiger partial charge in [0.25, 0.3) is 5.91 Å². The first-order valence-corrected chi connectivity index (χ1v) is 8.32. The molecule has 0 saturated carbocycles. The first-order valence-electron chi connectivity index (χ1n) is 7.44. The number of hydrogen-bond acceptors (Lipinski definition) is 4. The maximum Gasteiger partial charge on any atom is 0.271 e. The average Bonchev–Trinajstić information content (AvgIpc) is 3.03. The molecule has 0 aliphatic heterocycles. The number of nitrogens with two attached hydrogens (primary N) is 1. The highest BCUT2D eigenvalue weighted by Crippen LogP contribution is 2.21. The van der Waals surface area contributed by atoms with E-state index in [1.807, 2.05) is 0 Å². The van der Waals surface area contributed by atoms with Crippen molar-refractivity contribution in [3.8, 4) is 0 Å². The Balaban J connectivity index is 1.96. The fraction of sp³-hybridized carbons (Fsp3) is 0.375. The molecule has 0 radical (unpaired) electrons. The molecule has 2 rings (SSSR count). The van der Waals surface area contributed by atoms with Crippen LogP contribution in [0.25, 0.3) is 0 Å². The summed E-state index contributed by atoms with van der Waals surface area (Å²) in [6.45, 7) is 1.98. The summed E-state index contributed by atoms with van der Waals surface area (Å²) in [5, 5.41) is 4.87. The molecular formula is C16H19F2N3OS. The molecule has 0 fully saturated rings. The molecule has 1 unspecified atom stereocenters. The molecule has 0 saturated heterocycles. The van der Waals surface area contributed by atoms with Gasteiger partial charge >= 0.3 is 0 Å². The van der Waals surface area contributed by atoms with Crippen molar-refractivity contribution in [3.63, 3.8) is 0 Å². The average molecular weight is 339 g/mol.